The molecule has 0 amide bonds. The molecule has 3 aliphatic rings. The van der Waals surface area contributed by atoms with Crippen molar-refractivity contribution in [2.75, 3.05) is 13.2 Å². The van der Waals surface area contributed by atoms with Crippen molar-refractivity contribution >= 4 is 6.08 Å². The summed E-state index contributed by atoms with van der Waals surface area (Å²) in [5.74, 6) is -1.45. The van der Waals surface area contributed by atoms with Gasteiger partial charge < -0.3 is 79.9 Å². The van der Waals surface area contributed by atoms with Gasteiger partial charge in [-0.1, -0.05) is 0 Å². The van der Waals surface area contributed by atoms with E-state index in [1.165, 1.54) is 30.3 Å². The Labute approximate surface area is 243 Å². The molecule has 3 aliphatic heterocycles. The lowest BCUT2D eigenvalue weighted by molar-refractivity contribution is -0.328. The molecule has 0 saturated carbocycles. The molecule has 12 N–H and O–H groups in total. The van der Waals surface area contributed by atoms with E-state index in [0.717, 1.165) is 6.07 Å². The van der Waals surface area contributed by atoms with E-state index in [2.05, 4.69) is 4.74 Å². The minimum absolute atomic E-state index is 0.0696. The number of phenolic OH excluding ortho intramolecular Hbond substituents is 4. The minimum atomic E-state index is -1.84. The first-order valence-corrected chi connectivity index (χ1v) is 13.2. The average Bonchev–Trinajstić information content (AvgIpc) is 2.97. The van der Waals surface area contributed by atoms with Gasteiger partial charge in [0.15, 0.2) is 23.5 Å². The van der Waals surface area contributed by atoms with Crippen LogP contribution in [0.4, 0.5) is 0 Å². The third-order valence-corrected chi connectivity index (χ3v) is 7.45. The van der Waals surface area contributed by atoms with Gasteiger partial charge in [0.05, 0.1) is 24.8 Å². The van der Waals surface area contributed by atoms with Gasteiger partial charge in [-0.2, -0.15) is 0 Å². The van der Waals surface area contributed by atoms with Crippen molar-refractivity contribution in [3.63, 3.8) is 0 Å². The molecule has 2 saturated heterocycles. The van der Waals surface area contributed by atoms with E-state index in [0.29, 0.717) is 0 Å². The number of phenols is 4. The summed E-state index contributed by atoms with van der Waals surface area (Å²) in [5.41, 5.74) is 0.406. The zero-order chi connectivity index (χ0) is 31.2. The smallest absolute Gasteiger partial charge is 0.270 e. The molecule has 2 aromatic rings. The summed E-state index contributed by atoms with van der Waals surface area (Å²) < 4.78 is 26.8. The molecular weight excluding hydrogens is 580 g/mol. The lowest BCUT2D eigenvalue weighted by atomic mass is 9.98. The number of aromatic hydroxyl groups is 5. The molecule has 43 heavy (non-hydrogen) atoms. The van der Waals surface area contributed by atoms with Crippen molar-refractivity contribution in [3.8, 4) is 28.7 Å². The van der Waals surface area contributed by atoms with Gasteiger partial charge in [0.1, 0.15) is 65.9 Å². The van der Waals surface area contributed by atoms with Crippen LogP contribution in [0.25, 0.3) is 6.08 Å². The summed E-state index contributed by atoms with van der Waals surface area (Å²) in [6, 6.07) is 6.15. The molecule has 2 fully saturated rings. The van der Waals surface area contributed by atoms with Crippen LogP contribution in [0.1, 0.15) is 17.2 Å². The Morgan fingerprint density at radius 3 is 2.02 bits per heavy atom. The Hall–Kier alpha value is -3.42. The van der Waals surface area contributed by atoms with E-state index in [9.17, 15) is 56.2 Å². The third kappa shape index (κ3) is 6.02. The van der Waals surface area contributed by atoms with Crippen LogP contribution in [0.5, 0.6) is 28.7 Å². The van der Waals surface area contributed by atoms with Crippen LogP contribution in [-0.4, -0.2) is 136 Å². The van der Waals surface area contributed by atoms with E-state index in [1.54, 1.807) is 0 Å². The molecular formula is C27H33O16+. The largest absolute Gasteiger partial charge is 0.571 e. The van der Waals surface area contributed by atoms with Gasteiger partial charge in [0.25, 0.3) is 11.9 Å². The van der Waals surface area contributed by atoms with Crippen LogP contribution < -0.4 is 0 Å². The van der Waals surface area contributed by atoms with Crippen LogP contribution in [0.3, 0.4) is 0 Å². The zero-order valence-corrected chi connectivity index (χ0v) is 22.2. The molecule has 0 spiro atoms. The fourth-order valence-corrected chi connectivity index (χ4v) is 5.02. The number of aliphatic hydroxyl groups excluding tert-OH is 7. The molecule has 0 radical (unpaired) electrons. The van der Waals surface area contributed by atoms with Crippen molar-refractivity contribution in [3.05, 3.63) is 47.2 Å². The van der Waals surface area contributed by atoms with E-state index >= 15 is 0 Å². The van der Waals surface area contributed by atoms with Crippen molar-refractivity contribution < 1.29 is 79.9 Å². The third-order valence-electron chi connectivity index (χ3n) is 7.45. The molecule has 16 nitrogen and oxygen atoms in total. The monoisotopic (exact) mass is 613 g/mol. The van der Waals surface area contributed by atoms with Gasteiger partial charge in [-0.3, -0.25) is 0 Å². The maximum atomic E-state index is 10.7. The summed E-state index contributed by atoms with van der Waals surface area (Å²) in [7, 11) is 0. The number of benzene rings is 2. The second kappa shape index (κ2) is 12.3. The second-order valence-corrected chi connectivity index (χ2v) is 10.4. The lowest BCUT2D eigenvalue weighted by Gasteiger charge is -2.43. The number of ether oxygens (including phenoxy) is 5. The Morgan fingerprint density at radius 2 is 1.35 bits per heavy atom. The van der Waals surface area contributed by atoms with Crippen molar-refractivity contribution in [2.24, 2.45) is 0 Å². The van der Waals surface area contributed by atoms with Gasteiger partial charge in [0.2, 0.25) is 6.29 Å². The number of hydrogen-bond acceptors (Lipinski definition) is 15. The summed E-state index contributed by atoms with van der Waals surface area (Å²) in [6.45, 7) is -1.29. The Bertz CT molecular complexity index is 1330. The van der Waals surface area contributed by atoms with Crippen LogP contribution in [0.15, 0.2) is 36.1 Å². The SMILES string of the molecule is OC[C@H]1O[C@@H](OC[C@H]2O[C@@H](OC3=Cc4c(O)cc(O)cc4[OH+]C3c3ccc(O)c(O)c3)[C@H](O)[C@@H](O)[C@H]2O)[C@H](O)[C@@H](O)[C@@H]1O. The normalized spacial score (nSPS) is 35.9. The topological polar surface area (TPSA) is 272 Å². The highest BCUT2D eigenvalue weighted by molar-refractivity contribution is 5.69. The van der Waals surface area contributed by atoms with E-state index < -0.39 is 92.2 Å². The highest BCUT2D eigenvalue weighted by Gasteiger charge is 2.49. The van der Waals surface area contributed by atoms with E-state index in [4.69, 9.17) is 18.9 Å². The first kappa shape index (κ1) is 31.0. The van der Waals surface area contributed by atoms with Gasteiger partial charge >= 0.3 is 0 Å². The van der Waals surface area contributed by atoms with Crippen molar-refractivity contribution in [1.29, 1.82) is 0 Å². The molecule has 11 atom stereocenters. The van der Waals surface area contributed by atoms with Gasteiger partial charge in [-0.05, 0) is 18.2 Å². The molecule has 236 valence electrons. The molecule has 16 heteroatoms. The highest BCUT2D eigenvalue weighted by atomic mass is 16.7. The first-order valence-electron chi connectivity index (χ1n) is 13.2. The fraction of sp³-hybridized carbons (Fsp3) is 0.481. The maximum Gasteiger partial charge on any atom is 0.270 e. The Morgan fingerprint density at radius 1 is 0.698 bits per heavy atom. The molecule has 0 aliphatic carbocycles. The predicted octanol–water partition coefficient (Wildman–Crippen LogP) is -2.51. The molecule has 2 aromatic carbocycles. The molecule has 3 heterocycles. The fourth-order valence-electron chi connectivity index (χ4n) is 5.02. The molecule has 1 unspecified atom stereocenters. The average molecular weight is 614 g/mol. The summed E-state index contributed by atoms with van der Waals surface area (Å²) in [4.78, 5) is 0. The van der Waals surface area contributed by atoms with Crippen molar-refractivity contribution in [1.82, 2.24) is 0 Å². The van der Waals surface area contributed by atoms with Crippen molar-refractivity contribution in [2.45, 2.75) is 67.5 Å². The van der Waals surface area contributed by atoms with Gasteiger partial charge in [0, 0.05) is 12.1 Å². The Kier molecular flexibility index (Phi) is 8.87. The predicted molar refractivity (Wildman–Crippen MR) is 139 cm³/mol. The quantitative estimate of drug-likeness (QED) is 0.114. The maximum absolute atomic E-state index is 10.7. The minimum Gasteiger partial charge on any atom is -0.571 e. The van der Waals surface area contributed by atoms with Crippen LogP contribution in [0, 0.1) is 0 Å². The zero-order valence-electron chi connectivity index (χ0n) is 22.2. The number of rotatable bonds is 7. The number of fused-ring (bicyclic) bond motifs is 1. The summed E-state index contributed by atoms with van der Waals surface area (Å²) in [5, 5.41) is 112. The van der Waals surface area contributed by atoms with Crippen LogP contribution in [0.2, 0.25) is 0 Å². The first-order chi connectivity index (χ1) is 20.4. The standard InChI is InChI=1S/C27H32O16/c28-7-17-19(33)21(35)23(37)26(42-17)39-8-18-20(34)22(36)24(38)27(43-18)41-16-6-11-13(31)4-10(29)5-15(11)40-25(16)9-1-2-12(30)14(32)3-9/h1-6,17-38H,7-8H2/p+1/t17-,18-,19-,20+,21+,22+,23-,24-,25?,26-,27-/m1/s1. The van der Waals surface area contributed by atoms with Gasteiger partial charge in [-0.25, -0.2) is 0 Å². The van der Waals surface area contributed by atoms with E-state index in [-0.39, 0.29) is 34.1 Å². The summed E-state index contributed by atoms with van der Waals surface area (Å²) >= 11 is 0. The number of aliphatic hydroxyl groups is 8. The van der Waals surface area contributed by atoms with E-state index in [1.807, 2.05) is 0 Å². The lowest BCUT2D eigenvalue weighted by Crippen LogP contribution is -2.61. The van der Waals surface area contributed by atoms with Crippen LogP contribution in [-0.2, 0) is 18.9 Å². The molecule has 0 aromatic heterocycles. The molecule has 0 bridgehead atoms. The summed E-state index contributed by atoms with van der Waals surface area (Å²) in [6.07, 6.45) is -16.2. The molecule has 5 rings (SSSR count). The highest BCUT2D eigenvalue weighted by Crippen LogP contribution is 2.46. The number of hydrogen-bond donors (Lipinski definition) is 11. The Balaban J connectivity index is 1.39. The second-order valence-electron chi connectivity index (χ2n) is 10.4. The van der Waals surface area contributed by atoms with Crippen LogP contribution >= 0.6 is 0 Å². The van der Waals surface area contributed by atoms with Gasteiger partial charge in [-0.15, -0.1) is 0 Å².